The van der Waals surface area contributed by atoms with Crippen molar-refractivity contribution in [3.63, 3.8) is 0 Å². The average Bonchev–Trinajstić information content (AvgIpc) is 3.15. The molecule has 0 bridgehead atoms. The molecule has 0 saturated carbocycles. The smallest absolute Gasteiger partial charge is 0.258 e. The summed E-state index contributed by atoms with van der Waals surface area (Å²) in [6, 6.07) is 19.5. The van der Waals surface area contributed by atoms with Gasteiger partial charge in [-0.2, -0.15) is 0 Å². The molecule has 0 unspecified atom stereocenters. The van der Waals surface area contributed by atoms with Crippen molar-refractivity contribution in [2.45, 2.75) is 27.3 Å². The predicted molar refractivity (Wildman–Crippen MR) is 117 cm³/mol. The van der Waals surface area contributed by atoms with E-state index in [2.05, 4.69) is 24.1 Å². The van der Waals surface area contributed by atoms with Gasteiger partial charge in [0, 0.05) is 12.1 Å². The van der Waals surface area contributed by atoms with E-state index in [4.69, 9.17) is 9.15 Å². The van der Waals surface area contributed by atoms with Gasteiger partial charge in [0.2, 0.25) is 5.89 Å². The van der Waals surface area contributed by atoms with E-state index in [1.807, 2.05) is 67.6 Å². The summed E-state index contributed by atoms with van der Waals surface area (Å²) in [5.74, 6) is 1.12. The van der Waals surface area contributed by atoms with Gasteiger partial charge < -0.3 is 14.5 Å². The van der Waals surface area contributed by atoms with Crippen molar-refractivity contribution in [2.75, 3.05) is 6.61 Å². The molecule has 30 heavy (non-hydrogen) atoms. The second-order valence-corrected chi connectivity index (χ2v) is 7.50. The van der Waals surface area contributed by atoms with Crippen LogP contribution in [0, 0.1) is 20.8 Å². The molecule has 0 spiro atoms. The fourth-order valence-corrected chi connectivity index (χ4v) is 3.10. The number of carbonyl (C=O) groups excluding carboxylic acids is 1. The standard InChI is InChI=1S/C25H24N2O3/c1-16-4-10-21(11-5-16)29-15-24(28)26-14-19-6-8-20(9-7-19)25-27-22-12-17(2)18(3)13-23(22)30-25/h4-13H,14-15H2,1-3H3,(H,26,28). The molecule has 0 aliphatic heterocycles. The van der Waals surface area contributed by atoms with Gasteiger partial charge in [0.15, 0.2) is 12.2 Å². The van der Waals surface area contributed by atoms with E-state index in [0.29, 0.717) is 18.2 Å². The van der Waals surface area contributed by atoms with Crippen LogP contribution in [0.15, 0.2) is 65.1 Å². The zero-order valence-electron chi connectivity index (χ0n) is 17.4. The quantitative estimate of drug-likeness (QED) is 0.488. The molecule has 0 radical (unpaired) electrons. The molecular weight excluding hydrogens is 376 g/mol. The molecule has 0 aliphatic carbocycles. The second kappa shape index (κ2) is 8.41. The maximum Gasteiger partial charge on any atom is 0.258 e. The summed E-state index contributed by atoms with van der Waals surface area (Å²) >= 11 is 0. The van der Waals surface area contributed by atoms with E-state index in [1.54, 1.807) is 0 Å². The normalized spacial score (nSPS) is 10.9. The predicted octanol–water partition coefficient (Wildman–Crippen LogP) is 5.12. The van der Waals surface area contributed by atoms with Crippen LogP contribution in [0.25, 0.3) is 22.6 Å². The molecule has 4 aromatic rings. The molecule has 3 aromatic carbocycles. The number of rotatable bonds is 6. The monoisotopic (exact) mass is 400 g/mol. The first kappa shape index (κ1) is 19.7. The second-order valence-electron chi connectivity index (χ2n) is 7.50. The van der Waals surface area contributed by atoms with Gasteiger partial charge in [-0.3, -0.25) is 4.79 Å². The Bertz CT molecular complexity index is 1140. The minimum atomic E-state index is -0.163. The molecule has 1 heterocycles. The zero-order valence-corrected chi connectivity index (χ0v) is 17.4. The average molecular weight is 400 g/mol. The van der Waals surface area contributed by atoms with Crippen molar-refractivity contribution in [1.82, 2.24) is 10.3 Å². The maximum atomic E-state index is 12.0. The first-order valence-corrected chi connectivity index (χ1v) is 9.91. The summed E-state index contributed by atoms with van der Waals surface area (Å²) in [5.41, 5.74) is 7.07. The molecule has 1 aromatic heterocycles. The molecule has 4 rings (SSSR count). The highest BCUT2D eigenvalue weighted by molar-refractivity contribution is 5.78. The molecule has 1 N–H and O–H groups in total. The third kappa shape index (κ3) is 4.51. The summed E-state index contributed by atoms with van der Waals surface area (Å²) in [6.45, 7) is 6.56. The van der Waals surface area contributed by atoms with Crippen molar-refractivity contribution in [2.24, 2.45) is 0 Å². The Balaban J connectivity index is 1.34. The highest BCUT2D eigenvalue weighted by atomic mass is 16.5. The molecule has 0 aliphatic rings. The number of hydrogen-bond acceptors (Lipinski definition) is 4. The molecule has 5 nitrogen and oxygen atoms in total. The van der Waals surface area contributed by atoms with E-state index in [9.17, 15) is 4.79 Å². The number of amides is 1. The lowest BCUT2D eigenvalue weighted by Crippen LogP contribution is -2.28. The number of ether oxygens (including phenoxy) is 1. The van der Waals surface area contributed by atoms with Crippen molar-refractivity contribution in [1.29, 1.82) is 0 Å². The Morgan fingerprint density at radius 3 is 2.40 bits per heavy atom. The van der Waals surface area contributed by atoms with Crippen LogP contribution in [0.1, 0.15) is 22.3 Å². The number of aromatic nitrogens is 1. The van der Waals surface area contributed by atoms with E-state index < -0.39 is 0 Å². The Kier molecular flexibility index (Phi) is 5.53. The fraction of sp³-hybridized carbons (Fsp3) is 0.200. The summed E-state index contributed by atoms with van der Waals surface area (Å²) < 4.78 is 11.4. The van der Waals surface area contributed by atoms with Gasteiger partial charge in [-0.15, -0.1) is 0 Å². The number of fused-ring (bicyclic) bond motifs is 1. The molecule has 0 saturated heterocycles. The first-order chi connectivity index (χ1) is 14.5. The number of benzene rings is 3. The maximum absolute atomic E-state index is 12.0. The van der Waals surface area contributed by atoms with Crippen molar-refractivity contribution in [3.05, 3.63) is 82.9 Å². The van der Waals surface area contributed by atoms with Crippen molar-refractivity contribution in [3.8, 4) is 17.2 Å². The molecule has 1 amide bonds. The number of carbonyl (C=O) groups is 1. The summed E-state index contributed by atoms with van der Waals surface area (Å²) in [7, 11) is 0. The zero-order chi connectivity index (χ0) is 21.1. The Morgan fingerprint density at radius 1 is 0.967 bits per heavy atom. The van der Waals surface area contributed by atoms with Crippen LogP contribution < -0.4 is 10.1 Å². The number of aryl methyl sites for hydroxylation is 3. The number of nitrogens with one attached hydrogen (secondary N) is 1. The van der Waals surface area contributed by atoms with E-state index in [-0.39, 0.29) is 12.5 Å². The van der Waals surface area contributed by atoms with Gasteiger partial charge in [0.05, 0.1) is 0 Å². The van der Waals surface area contributed by atoms with Gasteiger partial charge >= 0.3 is 0 Å². The van der Waals surface area contributed by atoms with Crippen molar-refractivity contribution < 1.29 is 13.9 Å². The minimum absolute atomic E-state index is 0.0110. The Morgan fingerprint density at radius 2 is 1.67 bits per heavy atom. The number of nitrogens with zero attached hydrogens (tertiary/aromatic N) is 1. The summed E-state index contributed by atoms with van der Waals surface area (Å²) in [5, 5.41) is 2.87. The van der Waals surface area contributed by atoms with Crippen LogP contribution in [0.2, 0.25) is 0 Å². The molecular formula is C25H24N2O3. The van der Waals surface area contributed by atoms with Crippen LogP contribution >= 0.6 is 0 Å². The lowest BCUT2D eigenvalue weighted by Gasteiger charge is -2.08. The van der Waals surface area contributed by atoms with Crippen LogP contribution in [-0.4, -0.2) is 17.5 Å². The van der Waals surface area contributed by atoms with Gasteiger partial charge in [0.25, 0.3) is 5.91 Å². The number of hydrogen-bond donors (Lipinski definition) is 1. The third-order valence-corrected chi connectivity index (χ3v) is 5.09. The molecule has 152 valence electrons. The molecule has 5 heteroatoms. The minimum Gasteiger partial charge on any atom is -0.484 e. The van der Waals surface area contributed by atoms with E-state index >= 15 is 0 Å². The van der Waals surface area contributed by atoms with Gasteiger partial charge in [-0.1, -0.05) is 29.8 Å². The van der Waals surface area contributed by atoms with Crippen LogP contribution in [0.5, 0.6) is 5.75 Å². The molecule has 0 atom stereocenters. The first-order valence-electron chi connectivity index (χ1n) is 9.91. The SMILES string of the molecule is Cc1ccc(OCC(=O)NCc2ccc(-c3nc4cc(C)c(C)cc4o3)cc2)cc1. The van der Waals surface area contributed by atoms with Crippen molar-refractivity contribution >= 4 is 17.0 Å². The summed E-state index contributed by atoms with van der Waals surface area (Å²) in [6.07, 6.45) is 0. The lowest BCUT2D eigenvalue weighted by atomic mass is 10.1. The number of oxazole rings is 1. The van der Waals surface area contributed by atoms with Gasteiger partial charge in [-0.25, -0.2) is 4.98 Å². The fourth-order valence-electron chi connectivity index (χ4n) is 3.10. The van der Waals surface area contributed by atoms with Gasteiger partial charge in [0.1, 0.15) is 11.3 Å². The molecule has 0 fully saturated rings. The Labute approximate surface area is 175 Å². The lowest BCUT2D eigenvalue weighted by molar-refractivity contribution is -0.123. The summed E-state index contributed by atoms with van der Waals surface area (Å²) in [4.78, 5) is 16.6. The highest BCUT2D eigenvalue weighted by Gasteiger charge is 2.10. The largest absolute Gasteiger partial charge is 0.484 e. The third-order valence-electron chi connectivity index (χ3n) is 5.09. The van der Waals surface area contributed by atoms with E-state index in [0.717, 1.165) is 27.8 Å². The highest BCUT2D eigenvalue weighted by Crippen LogP contribution is 2.26. The van der Waals surface area contributed by atoms with E-state index in [1.165, 1.54) is 11.1 Å². The Hall–Kier alpha value is -3.60. The van der Waals surface area contributed by atoms with Crippen LogP contribution in [0.4, 0.5) is 0 Å². The van der Waals surface area contributed by atoms with Crippen LogP contribution in [-0.2, 0) is 11.3 Å². The van der Waals surface area contributed by atoms with Crippen LogP contribution in [0.3, 0.4) is 0 Å². The van der Waals surface area contributed by atoms with Gasteiger partial charge in [-0.05, 0) is 73.9 Å². The topological polar surface area (TPSA) is 64.4 Å².